The molecule has 1 N–H and O–H groups in total. The van der Waals surface area contributed by atoms with Crippen molar-refractivity contribution in [3.05, 3.63) is 64.7 Å². The second kappa shape index (κ2) is 6.27. The molecule has 0 bridgehead atoms. The average Bonchev–Trinajstić information content (AvgIpc) is 2.47. The lowest BCUT2D eigenvalue weighted by molar-refractivity contribution is -0.131. The van der Waals surface area contributed by atoms with Gasteiger partial charge in [-0.25, -0.2) is 4.79 Å². The Bertz CT molecular complexity index is 682. The smallest absolute Gasteiger partial charge is 0.328 e. The van der Waals surface area contributed by atoms with Gasteiger partial charge in [0.05, 0.1) is 0 Å². The van der Waals surface area contributed by atoms with Crippen LogP contribution in [0.3, 0.4) is 0 Å². The predicted molar refractivity (Wildman–Crippen MR) is 83.8 cm³/mol. The summed E-state index contributed by atoms with van der Waals surface area (Å²) in [5, 5.41) is 8.60. The quantitative estimate of drug-likeness (QED) is 0.840. The molecular weight excluding hydrogens is 264 g/mol. The summed E-state index contributed by atoms with van der Waals surface area (Å²) in [7, 11) is 0. The highest BCUT2D eigenvalue weighted by molar-refractivity contribution is 5.85. The lowest BCUT2D eigenvalue weighted by Gasteiger charge is -2.13. The van der Waals surface area contributed by atoms with Crippen LogP contribution in [0.1, 0.15) is 22.3 Å². The van der Waals surface area contributed by atoms with Gasteiger partial charge in [-0.05, 0) is 61.2 Å². The van der Waals surface area contributed by atoms with Crippen LogP contribution < -0.4 is 4.74 Å². The van der Waals surface area contributed by atoms with Crippen LogP contribution in [-0.2, 0) is 4.79 Å². The molecule has 0 saturated heterocycles. The number of benzene rings is 2. The number of carboxylic acids is 1. The van der Waals surface area contributed by atoms with Crippen molar-refractivity contribution in [3.63, 3.8) is 0 Å². The number of carbonyl (C=O) groups is 1. The highest BCUT2D eigenvalue weighted by Gasteiger charge is 2.07. The normalized spacial score (nSPS) is 10.8. The van der Waals surface area contributed by atoms with Crippen LogP contribution in [0.2, 0.25) is 0 Å². The molecule has 0 unspecified atom stereocenters. The molecule has 0 spiro atoms. The van der Waals surface area contributed by atoms with Crippen molar-refractivity contribution in [1.82, 2.24) is 0 Å². The van der Waals surface area contributed by atoms with E-state index in [1.807, 2.05) is 44.2 Å². The summed E-state index contributed by atoms with van der Waals surface area (Å²) >= 11 is 0. The van der Waals surface area contributed by atoms with Crippen molar-refractivity contribution in [2.24, 2.45) is 0 Å². The maximum absolute atomic E-state index is 10.5. The molecule has 0 atom stereocenters. The Balaban J connectivity index is 2.21. The highest BCUT2D eigenvalue weighted by atomic mass is 16.5. The average molecular weight is 282 g/mol. The zero-order chi connectivity index (χ0) is 15.4. The van der Waals surface area contributed by atoms with Crippen LogP contribution in [0.4, 0.5) is 0 Å². The molecule has 0 heterocycles. The number of aliphatic carboxylic acids is 1. The van der Waals surface area contributed by atoms with E-state index in [1.165, 1.54) is 5.56 Å². The van der Waals surface area contributed by atoms with Gasteiger partial charge in [-0.3, -0.25) is 0 Å². The van der Waals surface area contributed by atoms with E-state index in [-0.39, 0.29) is 0 Å². The Kier molecular flexibility index (Phi) is 4.43. The van der Waals surface area contributed by atoms with E-state index in [0.29, 0.717) is 0 Å². The number of carboxylic acid groups (broad SMARTS) is 1. The first kappa shape index (κ1) is 14.9. The first-order valence-electron chi connectivity index (χ1n) is 6.73. The van der Waals surface area contributed by atoms with Crippen molar-refractivity contribution < 1.29 is 14.6 Å². The minimum Gasteiger partial charge on any atom is -0.478 e. The summed E-state index contributed by atoms with van der Waals surface area (Å²) in [6.45, 7) is 6.12. The topological polar surface area (TPSA) is 46.5 Å². The van der Waals surface area contributed by atoms with E-state index >= 15 is 0 Å². The number of ether oxygens (including phenoxy) is 1. The zero-order valence-electron chi connectivity index (χ0n) is 12.4. The summed E-state index contributed by atoms with van der Waals surface area (Å²) in [6, 6.07) is 11.5. The number of rotatable bonds is 4. The first-order chi connectivity index (χ1) is 9.97. The van der Waals surface area contributed by atoms with Crippen LogP contribution in [0.15, 0.2) is 42.5 Å². The maximum atomic E-state index is 10.5. The van der Waals surface area contributed by atoms with Gasteiger partial charge >= 0.3 is 5.97 Å². The van der Waals surface area contributed by atoms with Crippen molar-refractivity contribution in [2.45, 2.75) is 20.8 Å². The number of aryl methyl sites for hydroxylation is 2. The van der Waals surface area contributed by atoms with Gasteiger partial charge in [0.2, 0.25) is 0 Å². The molecule has 0 fully saturated rings. The maximum Gasteiger partial charge on any atom is 0.328 e. The number of hydrogen-bond donors (Lipinski definition) is 1. The van der Waals surface area contributed by atoms with Crippen molar-refractivity contribution >= 4 is 12.0 Å². The fourth-order valence-electron chi connectivity index (χ4n) is 2.01. The molecule has 2 aromatic carbocycles. The molecular formula is C18H18O3. The third-order valence-corrected chi connectivity index (χ3v) is 3.39. The molecule has 0 aliphatic carbocycles. The number of hydrogen-bond acceptors (Lipinski definition) is 2. The SMILES string of the molecule is Cc1ccc(C)c(Oc2ccc(C=CC(=O)O)cc2)c1C. The van der Waals surface area contributed by atoms with Gasteiger partial charge in [0.1, 0.15) is 11.5 Å². The Labute approximate surface area is 124 Å². The van der Waals surface area contributed by atoms with Crippen LogP contribution in [0.25, 0.3) is 6.08 Å². The van der Waals surface area contributed by atoms with E-state index in [9.17, 15) is 4.79 Å². The Morgan fingerprint density at radius 3 is 2.24 bits per heavy atom. The molecule has 2 rings (SSSR count). The Morgan fingerprint density at radius 1 is 1.00 bits per heavy atom. The molecule has 0 amide bonds. The highest BCUT2D eigenvalue weighted by Crippen LogP contribution is 2.30. The summed E-state index contributed by atoms with van der Waals surface area (Å²) in [4.78, 5) is 10.5. The molecule has 0 radical (unpaired) electrons. The third kappa shape index (κ3) is 3.72. The largest absolute Gasteiger partial charge is 0.478 e. The molecule has 108 valence electrons. The van der Waals surface area contributed by atoms with E-state index < -0.39 is 5.97 Å². The van der Waals surface area contributed by atoms with Crippen LogP contribution in [0.5, 0.6) is 11.5 Å². The molecule has 0 saturated carbocycles. The van der Waals surface area contributed by atoms with Gasteiger partial charge in [-0.2, -0.15) is 0 Å². The second-order valence-corrected chi connectivity index (χ2v) is 5.00. The van der Waals surface area contributed by atoms with E-state index in [1.54, 1.807) is 6.08 Å². The fraction of sp³-hybridized carbons (Fsp3) is 0.167. The summed E-state index contributed by atoms with van der Waals surface area (Å²) in [5.74, 6) is 0.657. The minimum absolute atomic E-state index is 0.735. The van der Waals surface area contributed by atoms with Crippen LogP contribution >= 0.6 is 0 Å². The first-order valence-corrected chi connectivity index (χ1v) is 6.73. The van der Waals surface area contributed by atoms with E-state index in [0.717, 1.165) is 34.3 Å². The van der Waals surface area contributed by atoms with Crippen LogP contribution in [0, 0.1) is 20.8 Å². The van der Waals surface area contributed by atoms with Gasteiger partial charge in [0.25, 0.3) is 0 Å². The van der Waals surface area contributed by atoms with Gasteiger partial charge in [-0.15, -0.1) is 0 Å². The molecule has 3 heteroatoms. The zero-order valence-corrected chi connectivity index (χ0v) is 12.4. The third-order valence-electron chi connectivity index (χ3n) is 3.39. The molecule has 0 aliphatic rings. The molecule has 21 heavy (non-hydrogen) atoms. The summed E-state index contributed by atoms with van der Waals surface area (Å²) in [5.41, 5.74) is 4.23. The lowest BCUT2D eigenvalue weighted by atomic mass is 10.1. The van der Waals surface area contributed by atoms with Crippen molar-refractivity contribution in [2.75, 3.05) is 0 Å². The molecule has 2 aromatic rings. The molecule has 0 aromatic heterocycles. The predicted octanol–water partition coefficient (Wildman–Crippen LogP) is 4.50. The fourth-order valence-corrected chi connectivity index (χ4v) is 2.01. The summed E-state index contributed by atoms with van der Waals surface area (Å²) < 4.78 is 5.96. The lowest BCUT2D eigenvalue weighted by Crippen LogP contribution is -1.93. The monoisotopic (exact) mass is 282 g/mol. The molecule has 3 nitrogen and oxygen atoms in total. The van der Waals surface area contributed by atoms with E-state index in [2.05, 4.69) is 13.0 Å². The van der Waals surface area contributed by atoms with Gasteiger partial charge in [0, 0.05) is 6.08 Å². The summed E-state index contributed by atoms with van der Waals surface area (Å²) in [6.07, 6.45) is 2.67. The Hall–Kier alpha value is -2.55. The van der Waals surface area contributed by atoms with Gasteiger partial charge in [-0.1, -0.05) is 24.3 Å². The minimum atomic E-state index is -0.957. The molecule has 0 aliphatic heterocycles. The van der Waals surface area contributed by atoms with Gasteiger partial charge < -0.3 is 9.84 Å². The standard InChI is InChI=1S/C18H18O3/c1-12-4-5-13(2)18(14(12)3)21-16-9-6-15(7-10-16)8-11-17(19)20/h4-11H,1-3H3,(H,19,20). The van der Waals surface area contributed by atoms with Gasteiger partial charge in [0.15, 0.2) is 0 Å². The van der Waals surface area contributed by atoms with Crippen molar-refractivity contribution in [3.8, 4) is 11.5 Å². The van der Waals surface area contributed by atoms with Crippen molar-refractivity contribution in [1.29, 1.82) is 0 Å². The van der Waals surface area contributed by atoms with Crippen LogP contribution in [-0.4, -0.2) is 11.1 Å². The second-order valence-electron chi connectivity index (χ2n) is 5.00. The Morgan fingerprint density at radius 2 is 1.62 bits per heavy atom. The van der Waals surface area contributed by atoms with E-state index in [4.69, 9.17) is 9.84 Å².